The van der Waals surface area contributed by atoms with Crippen molar-refractivity contribution < 1.29 is 23.4 Å². The number of piperazine rings is 1. The number of pyridine rings is 1. The summed E-state index contributed by atoms with van der Waals surface area (Å²) in [7, 11) is 0. The maximum absolute atomic E-state index is 12.7. The fourth-order valence-corrected chi connectivity index (χ4v) is 2.95. The van der Waals surface area contributed by atoms with Crippen LogP contribution in [0.25, 0.3) is 0 Å². The van der Waals surface area contributed by atoms with Gasteiger partial charge >= 0.3 is 6.18 Å². The molecule has 1 aromatic heterocycles. The Labute approximate surface area is 157 Å². The quantitative estimate of drug-likeness (QED) is 0.702. The number of aromatic hydroxyl groups is 1. The average molecular weight is 406 g/mol. The molecule has 0 aromatic carbocycles. The van der Waals surface area contributed by atoms with Crippen molar-refractivity contribution in [3.63, 3.8) is 0 Å². The molecule has 3 N–H and O–H groups in total. The van der Waals surface area contributed by atoms with Crippen molar-refractivity contribution in [1.82, 2.24) is 15.2 Å². The molecular weight excluding hydrogens is 382 g/mol. The third-order valence-electron chi connectivity index (χ3n) is 4.15. The Kier molecular flexibility index (Phi) is 10.0. The third-order valence-corrected chi connectivity index (χ3v) is 4.15. The minimum Gasteiger partial charge on any atom is -0.506 e. The molecule has 1 aliphatic heterocycles. The van der Waals surface area contributed by atoms with Gasteiger partial charge in [0.1, 0.15) is 5.75 Å². The minimum atomic E-state index is -4.26. The van der Waals surface area contributed by atoms with Gasteiger partial charge in [-0.1, -0.05) is 0 Å². The van der Waals surface area contributed by atoms with Gasteiger partial charge in [-0.3, -0.25) is 9.88 Å². The van der Waals surface area contributed by atoms with Gasteiger partial charge in [0.2, 0.25) is 0 Å². The highest BCUT2D eigenvalue weighted by Crippen LogP contribution is 2.38. The zero-order valence-electron chi connectivity index (χ0n) is 13.8. The van der Waals surface area contributed by atoms with Gasteiger partial charge in [0.05, 0.1) is 12.3 Å². The van der Waals surface area contributed by atoms with Crippen LogP contribution >= 0.6 is 24.8 Å². The number of rotatable bonds is 5. The molecular formula is C15H24Cl2F3N3O2. The summed E-state index contributed by atoms with van der Waals surface area (Å²) in [5.41, 5.74) is 1.09. The Balaban J connectivity index is 0.00000288. The monoisotopic (exact) mass is 405 g/mol. The first kappa shape index (κ1) is 24.2. The van der Waals surface area contributed by atoms with Crippen LogP contribution in [0, 0.1) is 6.92 Å². The molecule has 0 unspecified atom stereocenters. The molecule has 146 valence electrons. The molecule has 1 fully saturated rings. The fraction of sp³-hybridized carbons (Fsp3) is 0.667. The van der Waals surface area contributed by atoms with Gasteiger partial charge in [-0.25, -0.2) is 0 Å². The van der Waals surface area contributed by atoms with Crippen molar-refractivity contribution in [3.05, 3.63) is 23.0 Å². The second-order valence-electron chi connectivity index (χ2n) is 5.74. The third kappa shape index (κ3) is 6.45. The van der Waals surface area contributed by atoms with E-state index >= 15 is 0 Å². The van der Waals surface area contributed by atoms with Gasteiger partial charge in [-0.15, -0.1) is 24.8 Å². The Hall–Kier alpha value is -0.800. The first-order valence-electron chi connectivity index (χ1n) is 7.63. The zero-order chi connectivity index (χ0) is 17.0. The van der Waals surface area contributed by atoms with E-state index in [0.29, 0.717) is 43.0 Å². The lowest BCUT2D eigenvalue weighted by Gasteiger charge is -2.36. The van der Waals surface area contributed by atoms with Gasteiger partial charge < -0.3 is 15.5 Å². The van der Waals surface area contributed by atoms with Crippen LogP contribution in [-0.2, 0) is 6.61 Å². The Morgan fingerprint density at radius 2 is 1.88 bits per heavy atom. The predicted molar refractivity (Wildman–Crippen MR) is 93.5 cm³/mol. The smallest absolute Gasteiger partial charge is 0.389 e. The molecule has 10 heteroatoms. The molecule has 0 saturated carbocycles. The first-order chi connectivity index (χ1) is 10.8. The molecule has 2 heterocycles. The second kappa shape index (κ2) is 10.4. The second-order valence-corrected chi connectivity index (χ2v) is 5.74. The molecule has 0 aliphatic carbocycles. The van der Waals surface area contributed by atoms with Crippen molar-refractivity contribution in [2.45, 2.75) is 38.6 Å². The van der Waals surface area contributed by atoms with E-state index in [1.165, 1.54) is 6.20 Å². The zero-order valence-corrected chi connectivity index (χ0v) is 15.5. The van der Waals surface area contributed by atoms with Crippen LogP contribution in [0.2, 0.25) is 0 Å². The Morgan fingerprint density at radius 1 is 1.28 bits per heavy atom. The van der Waals surface area contributed by atoms with Gasteiger partial charge in [-0.2, -0.15) is 13.2 Å². The highest BCUT2D eigenvalue weighted by Gasteiger charge is 2.33. The number of aliphatic hydroxyl groups is 1. The van der Waals surface area contributed by atoms with Crippen LogP contribution in [0.5, 0.6) is 5.75 Å². The van der Waals surface area contributed by atoms with E-state index in [-0.39, 0.29) is 43.6 Å². The number of hydrogen-bond donors (Lipinski definition) is 3. The van der Waals surface area contributed by atoms with Gasteiger partial charge in [-0.05, 0) is 13.3 Å². The summed E-state index contributed by atoms with van der Waals surface area (Å²) in [6.45, 7) is 3.77. The van der Waals surface area contributed by atoms with Crippen molar-refractivity contribution in [2.75, 3.05) is 26.2 Å². The van der Waals surface area contributed by atoms with E-state index in [1.54, 1.807) is 6.92 Å². The number of aryl methyl sites for hydroxylation is 1. The summed E-state index contributed by atoms with van der Waals surface area (Å²) in [4.78, 5) is 5.91. The number of nitrogens with one attached hydrogen (secondary N) is 1. The Morgan fingerprint density at radius 3 is 2.40 bits per heavy atom. The number of aliphatic hydroxyl groups excluding tert-OH is 1. The summed E-state index contributed by atoms with van der Waals surface area (Å²) in [5, 5.41) is 23.0. The average Bonchev–Trinajstić information content (AvgIpc) is 2.51. The molecule has 1 saturated heterocycles. The van der Waals surface area contributed by atoms with E-state index in [4.69, 9.17) is 0 Å². The molecule has 1 aromatic rings. The topological polar surface area (TPSA) is 68.6 Å². The molecule has 0 spiro atoms. The standard InChI is InChI=1S/C15H22F3N3O2.2ClH/c1-10-14(23)13(11(9-22)8-20-10)12(2-3-15(16,17)18)21-6-4-19-5-7-21;;/h8,12,19,22-23H,2-7,9H2,1H3;2*1H/t12-;;/m0../s1. The minimum absolute atomic E-state index is 0. The molecule has 5 nitrogen and oxygen atoms in total. The van der Waals surface area contributed by atoms with Crippen LogP contribution in [0.4, 0.5) is 13.2 Å². The molecule has 1 atom stereocenters. The van der Waals surface area contributed by atoms with Crippen molar-refractivity contribution in [2.24, 2.45) is 0 Å². The van der Waals surface area contributed by atoms with E-state index < -0.39 is 18.6 Å². The van der Waals surface area contributed by atoms with Gasteiger partial charge in [0, 0.05) is 56.0 Å². The summed E-state index contributed by atoms with van der Waals surface area (Å²) in [6.07, 6.45) is -3.93. The Bertz CT molecular complexity index is 541. The summed E-state index contributed by atoms with van der Waals surface area (Å²) in [5.74, 6) is -0.123. The number of aromatic nitrogens is 1. The maximum Gasteiger partial charge on any atom is 0.389 e. The van der Waals surface area contributed by atoms with Crippen molar-refractivity contribution in [3.8, 4) is 5.75 Å². The predicted octanol–water partition coefficient (Wildman–Crippen LogP) is 2.72. The highest BCUT2D eigenvalue weighted by atomic mass is 35.5. The number of halogens is 5. The molecule has 0 bridgehead atoms. The van der Waals surface area contributed by atoms with Crippen molar-refractivity contribution in [1.29, 1.82) is 0 Å². The maximum atomic E-state index is 12.7. The van der Waals surface area contributed by atoms with Crippen LogP contribution < -0.4 is 5.32 Å². The SMILES string of the molecule is Cc1ncc(CO)c([C@H](CCC(F)(F)F)N2CCNCC2)c1O.Cl.Cl. The largest absolute Gasteiger partial charge is 0.506 e. The molecule has 25 heavy (non-hydrogen) atoms. The van der Waals surface area contributed by atoms with Crippen molar-refractivity contribution >= 4 is 24.8 Å². The normalized spacial score (nSPS) is 16.7. The molecule has 0 radical (unpaired) electrons. The molecule has 2 rings (SSSR count). The lowest BCUT2D eigenvalue weighted by atomic mass is 9.94. The lowest BCUT2D eigenvalue weighted by Crippen LogP contribution is -2.45. The summed E-state index contributed by atoms with van der Waals surface area (Å²) >= 11 is 0. The van der Waals surface area contributed by atoms with Crippen LogP contribution in [0.15, 0.2) is 6.20 Å². The van der Waals surface area contributed by atoms with E-state index in [1.807, 2.05) is 4.90 Å². The highest BCUT2D eigenvalue weighted by molar-refractivity contribution is 5.85. The first-order valence-corrected chi connectivity index (χ1v) is 7.63. The lowest BCUT2D eigenvalue weighted by molar-refractivity contribution is -0.138. The van der Waals surface area contributed by atoms with E-state index in [9.17, 15) is 23.4 Å². The van der Waals surface area contributed by atoms with Crippen LogP contribution in [0.3, 0.4) is 0 Å². The fourth-order valence-electron chi connectivity index (χ4n) is 2.95. The van der Waals surface area contributed by atoms with Crippen LogP contribution in [0.1, 0.15) is 35.7 Å². The number of nitrogens with zero attached hydrogens (tertiary/aromatic N) is 2. The van der Waals surface area contributed by atoms with Gasteiger partial charge in [0.15, 0.2) is 0 Å². The van der Waals surface area contributed by atoms with E-state index in [2.05, 4.69) is 10.3 Å². The van der Waals surface area contributed by atoms with E-state index in [0.717, 1.165) is 0 Å². The van der Waals surface area contributed by atoms with Gasteiger partial charge in [0.25, 0.3) is 0 Å². The molecule has 1 aliphatic rings. The number of hydrogen-bond acceptors (Lipinski definition) is 5. The van der Waals surface area contributed by atoms with Crippen LogP contribution in [-0.4, -0.2) is 52.5 Å². The summed E-state index contributed by atoms with van der Waals surface area (Å²) < 4.78 is 38.1. The summed E-state index contributed by atoms with van der Waals surface area (Å²) in [6, 6.07) is -0.595. The number of alkyl halides is 3. The molecule has 0 amide bonds.